The first-order valence-electron chi connectivity index (χ1n) is 16.8. The molecule has 3 nitrogen and oxygen atoms in total. The summed E-state index contributed by atoms with van der Waals surface area (Å²) in [6, 6.07) is 0.505. The number of fused-ring (bicyclic) bond motifs is 5. The van der Waals surface area contributed by atoms with Crippen LogP contribution in [0.1, 0.15) is 143 Å². The second-order valence-corrected chi connectivity index (χ2v) is 15.5. The van der Waals surface area contributed by atoms with Crippen LogP contribution >= 0.6 is 23.8 Å². The number of rotatable bonds is 9. The van der Waals surface area contributed by atoms with Crippen LogP contribution < -0.4 is 10.7 Å². The van der Waals surface area contributed by atoms with Crippen LogP contribution in [0.5, 0.6) is 0 Å². The first-order chi connectivity index (χ1) is 18.8. The standard InChI is InChI=1S/C34H56ClN3S/c1-4-5-6-7-8-10-13-24-16-17-28-31-29(19-21-33(24,28)2)34(3)20-18-26(35)22-25(34)23-30(31)37-38-32(39)36-27-14-11-9-12-15-27/h23-24,26-29,31H,4-22H2,1-3H3,(H2,36,38,39)/b37-30+. The topological polar surface area (TPSA) is 36.4 Å². The first-order valence-corrected chi connectivity index (χ1v) is 17.7. The normalized spacial score (nSPS) is 39.4. The van der Waals surface area contributed by atoms with Crippen molar-refractivity contribution in [2.45, 2.75) is 154 Å². The van der Waals surface area contributed by atoms with E-state index in [9.17, 15) is 0 Å². The smallest absolute Gasteiger partial charge is 0.187 e. The van der Waals surface area contributed by atoms with Crippen LogP contribution in [0.2, 0.25) is 0 Å². The Balaban J connectivity index is 1.33. The minimum absolute atomic E-state index is 0.270. The lowest BCUT2D eigenvalue weighted by Crippen LogP contribution is -2.53. The molecule has 4 fully saturated rings. The molecule has 0 bridgehead atoms. The molecule has 2 N–H and O–H groups in total. The van der Waals surface area contributed by atoms with Gasteiger partial charge in [0.05, 0.1) is 5.71 Å². The largest absolute Gasteiger partial charge is 0.359 e. The van der Waals surface area contributed by atoms with Crippen molar-refractivity contribution < 1.29 is 0 Å². The summed E-state index contributed by atoms with van der Waals surface area (Å²) in [5.41, 5.74) is 6.93. The van der Waals surface area contributed by atoms with E-state index in [0.29, 0.717) is 28.4 Å². The highest BCUT2D eigenvalue weighted by Gasteiger charge is 2.60. The van der Waals surface area contributed by atoms with Crippen LogP contribution in [-0.4, -0.2) is 22.2 Å². The summed E-state index contributed by atoms with van der Waals surface area (Å²) in [6.45, 7) is 7.55. The lowest BCUT2D eigenvalue weighted by molar-refractivity contribution is -0.0114. The Labute approximate surface area is 250 Å². The van der Waals surface area contributed by atoms with E-state index in [1.54, 1.807) is 5.57 Å². The van der Waals surface area contributed by atoms with Crippen LogP contribution in [0, 0.1) is 34.5 Å². The number of hydrogen-bond acceptors (Lipinski definition) is 2. The van der Waals surface area contributed by atoms with E-state index in [1.165, 1.54) is 115 Å². The molecule has 220 valence electrons. The number of hydrogen-bond donors (Lipinski definition) is 2. The van der Waals surface area contributed by atoms with Crippen molar-refractivity contribution in [2.24, 2.45) is 39.6 Å². The van der Waals surface area contributed by atoms with Gasteiger partial charge in [-0.3, -0.25) is 5.43 Å². The van der Waals surface area contributed by atoms with Crippen molar-refractivity contribution in [1.82, 2.24) is 10.7 Å². The summed E-state index contributed by atoms with van der Waals surface area (Å²) >= 11 is 12.5. The van der Waals surface area contributed by atoms with Crippen LogP contribution in [0.25, 0.3) is 0 Å². The number of nitrogens with zero attached hydrogens (tertiary/aromatic N) is 1. The fraction of sp³-hybridized carbons (Fsp3) is 0.882. The van der Waals surface area contributed by atoms with Gasteiger partial charge in [0.15, 0.2) is 5.11 Å². The Morgan fingerprint density at radius 3 is 2.51 bits per heavy atom. The van der Waals surface area contributed by atoms with Crippen molar-refractivity contribution in [3.8, 4) is 0 Å². The number of thiocarbonyl (C=S) groups is 1. The molecular formula is C34H56ClN3S. The minimum atomic E-state index is 0.270. The van der Waals surface area contributed by atoms with Gasteiger partial charge in [-0.2, -0.15) is 5.10 Å². The number of alkyl halides is 1. The van der Waals surface area contributed by atoms with E-state index in [2.05, 4.69) is 37.6 Å². The maximum Gasteiger partial charge on any atom is 0.187 e. The molecular weight excluding hydrogens is 518 g/mol. The molecule has 0 spiro atoms. The Kier molecular flexibility index (Phi) is 10.1. The first kappa shape index (κ1) is 29.9. The van der Waals surface area contributed by atoms with Crippen LogP contribution in [0.3, 0.4) is 0 Å². The Morgan fingerprint density at radius 2 is 1.72 bits per heavy atom. The van der Waals surface area contributed by atoms with Crippen molar-refractivity contribution in [3.63, 3.8) is 0 Å². The van der Waals surface area contributed by atoms with Gasteiger partial charge in [-0.05, 0) is 111 Å². The third-order valence-corrected chi connectivity index (χ3v) is 12.8. The minimum Gasteiger partial charge on any atom is -0.359 e. The summed E-state index contributed by atoms with van der Waals surface area (Å²) in [6.07, 6.45) is 27.7. The fourth-order valence-electron chi connectivity index (χ4n) is 9.82. The third kappa shape index (κ3) is 6.42. The summed E-state index contributed by atoms with van der Waals surface area (Å²) in [5, 5.41) is 9.70. The average molecular weight is 574 g/mol. The fourth-order valence-corrected chi connectivity index (χ4v) is 10.3. The molecule has 0 saturated heterocycles. The quantitative estimate of drug-likeness (QED) is 0.125. The summed E-state index contributed by atoms with van der Waals surface area (Å²) < 4.78 is 0. The number of hydrazone groups is 1. The molecule has 0 amide bonds. The Bertz CT molecular complexity index is 910. The maximum absolute atomic E-state index is 6.75. The molecule has 5 heteroatoms. The van der Waals surface area contributed by atoms with Crippen molar-refractivity contribution in [3.05, 3.63) is 11.6 Å². The molecule has 0 aromatic carbocycles. The highest BCUT2D eigenvalue weighted by molar-refractivity contribution is 7.80. The predicted octanol–water partition coefficient (Wildman–Crippen LogP) is 9.69. The zero-order chi connectivity index (χ0) is 27.5. The van der Waals surface area contributed by atoms with Crippen molar-refractivity contribution in [1.29, 1.82) is 0 Å². The maximum atomic E-state index is 6.75. The molecule has 0 aromatic rings. The van der Waals surface area contributed by atoms with E-state index >= 15 is 0 Å². The van der Waals surface area contributed by atoms with Gasteiger partial charge in [0.1, 0.15) is 0 Å². The average Bonchev–Trinajstić information content (AvgIpc) is 3.26. The van der Waals surface area contributed by atoms with E-state index in [0.717, 1.165) is 24.7 Å². The molecule has 0 heterocycles. The second kappa shape index (κ2) is 13.1. The van der Waals surface area contributed by atoms with Crippen LogP contribution in [-0.2, 0) is 0 Å². The summed E-state index contributed by atoms with van der Waals surface area (Å²) in [4.78, 5) is 0. The van der Waals surface area contributed by atoms with Crippen molar-refractivity contribution >= 4 is 34.6 Å². The monoisotopic (exact) mass is 573 g/mol. The highest BCUT2D eigenvalue weighted by Crippen LogP contribution is 2.66. The van der Waals surface area contributed by atoms with E-state index in [4.69, 9.17) is 28.9 Å². The SMILES string of the molecule is CCCCCCCCC1CCC2C3/C(=N/NC(=S)NC4CCCCC4)C=C4CC(Cl)CCC4(C)C3CCC12C. The van der Waals surface area contributed by atoms with E-state index in [1.807, 2.05) is 0 Å². The zero-order valence-corrected chi connectivity index (χ0v) is 26.8. The molecule has 4 saturated carbocycles. The summed E-state index contributed by atoms with van der Waals surface area (Å²) in [5.74, 6) is 2.86. The zero-order valence-electron chi connectivity index (χ0n) is 25.2. The van der Waals surface area contributed by atoms with Gasteiger partial charge in [0.2, 0.25) is 0 Å². The molecule has 0 radical (unpaired) electrons. The van der Waals surface area contributed by atoms with Gasteiger partial charge in [0, 0.05) is 17.3 Å². The number of halogens is 1. The Hall–Kier alpha value is -0.610. The van der Waals surface area contributed by atoms with Gasteiger partial charge in [0.25, 0.3) is 0 Å². The number of allylic oxidation sites excluding steroid dienone is 2. The van der Waals surface area contributed by atoms with Gasteiger partial charge < -0.3 is 5.32 Å². The molecule has 7 unspecified atom stereocenters. The van der Waals surface area contributed by atoms with E-state index in [-0.39, 0.29) is 10.8 Å². The Morgan fingerprint density at radius 1 is 0.949 bits per heavy atom. The molecule has 5 aliphatic carbocycles. The molecule has 5 aliphatic rings. The number of unbranched alkanes of at least 4 members (excludes halogenated alkanes) is 5. The van der Waals surface area contributed by atoms with Gasteiger partial charge in [-0.15, -0.1) is 11.6 Å². The van der Waals surface area contributed by atoms with Gasteiger partial charge >= 0.3 is 0 Å². The molecule has 7 atom stereocenters. The predicted molar refractivity (Wildman–Crippen MR) is 171 cm³/mol. The lowest BCUT2D eigenvalue weighted by atomic mass is 9.47. The molecule has 39 heavy (non-hydrogen) atoms. The van der Waals surface area contributed by atoms with Crippen LogP contribution in [0.4, 0.5) is 0 Å². The molecule has 0 aliphatic heterocycles. The van der Waals surface area contributed by atoms with E-state index < -0.39 is 0 Å². The van der Waals surface area contributed by atoms with Crippen LogP contribution in [0.15, 0.2) is 16.8 Å². The van der Waals surface area contributed by atoms with Gasteiger partial charge in [-0.1, -0.05) is 84.1 Å². The third-order valence-electron chi connectivity index (χ3n) is 12.2. The summed E-state index contributed by atoms with van der Waals surface area (Å²) in [7, 11) is 0. The number of nitrogens with one attached hydrogen (secondary N) is 2. The molecule has 5 rings (SSSR count). The second-order valence-electron chi connectivity index (χ2n) is 14.5. The molecule has 0 aromatic heterocycles. The van der Waals surface area contributed by atoms with Gasteiger partial charge in [-0.25, -0.2) is 0 Å². The highest BCUT2D eigenvalue weighted by atomic mass is 35.5. The van der Waals surface area contributed by atoms with Crippen molar-refractivity contribution in [2.75, 3.05) is 0 Å². The lowest BCUT2D eigenvalue weighted by Gasteiger charge is -2.58.